The number of thiophene rings is 1. The van der Waals surface area contributed by atoms with Crippen molar-refractivity contribution in [3.05, 3.63) is 69.4 Å². The number of hydrogen-bond donors (Lipinski definition) is 2. The van der Waals surface area contributed by atoms with E-state index in [1.54, 1.807) is 6.07 Å². The van der Waals surface area contributed by atoms with Gasteiger partial charge in [-0.25, -0.2) is 4.98 Å². The van der Waals surface area contributed by atoms with Crippen LogP contribution in [0.5, 0.6) is 0 Å². The van der Waals surface area contributed by atoms with Gasteiger partial charge in [-0.05, 0) is 42.2 Å². The molecule has 2 amide bonds. The minimum absolute atomic E-state index is 0.00994. The number of amides is 2. The molecule has 1 aliphatic rings. The Morgan fingerprint density at radius 1 is 1.07 bits per heavy atom. The molecule has 0 radical (unpaired) electrons. The van der Waals surface area contributed by atoms with Crippen LogP contribution in [0.15, 0.2) is 53.2 Å². The maximum absolute atomic E-state index is 12.8. The summed E-state index contributed by atoms with van der Waals surface area (Å²) in [5, 5.41) is 10.3. The van der Waals surface area contributed by atoms with Gasteiger partial charge in [0.05, 0.1) is 17.0 Å². The standard InChI is InChI=1S/C23H25N3O2S2/c27-21(14-18-15-30-23(24-18)26-22(28)20-11-6-12-29-20)25-19(17-9-4-5-10-17)13-16-7-2-1-3-8-16/h1-3,6-8,11-12,15,17,19H,4-5,9-10,13-14H2,(H,25,27)(H,24,26,28). The lowest BCUT2D eigenvalue weighted by Crippen LogP contribution is -2.41. The highest BCUT2D eigenvalue weighted by Gasteiger charge is 2.26. The monoisotopic (exact) mass is 439 g/mol. The molecule has 1 fully saturated rings. The maximum Gasteiger partial charge on any atom is 0.267 e. The molecular formula is C23H25N3O2S2. The van der Waals surface area contributed by atoms with Crippen LogP contribution in [0, 0.1) is 5.92 Å². The molecule has 1 saturated carbocycles. The Bertz CT molecular complexity index is 964. The number of thiazole rings is 1. The van der Waals surface area contributed by atoms with Crippen LogP contribution in [-0.4, -0.2) is 22.8 Å². The van der Waals surface area contributed by atoms with E-state index in [1.165, 1.54) is 53.9 Å². The van der Waals surface area contributed by atoms with Crippen molar-refractivity contribution in [1.29, 1.82) is 0 Å². The normalized spacial score (nSPS) is 15.1. The van der Waals surface area contributed by atoms with Crippen LogP contribution in [0.2, 0.25) is 0 Å². The van der Waals surface area contributed by atoms with Crippen molar-refractivity contribution in [3.8, 4) is 0 Å². The van der Waals surface area contributed by atoms with Crippen LogP contribution in [0.25, 0.3) is 0 Å². The van der Waals surface area contributed by atoms with Crippen molar-refractivity contribution in [2.24, 2.45) is 5.92 Å². The van der Waals surface area contributed by atoms with Crippen molar-refractivity contribution >= 4 is 39.6 Å². The number of rotatable bonds is 8. The molecule has 156 valence electrons. The summed E-state index contributed by atoms with van der Waals surface area (Å²) in [4.78, 5) is 30.0. The third kappa shape index (κ3) is 5.55. The fourth-order valence-corrected chi connectivity index (χ4v) is 5.32. The quantitative estimate of drug-likeness (QED) is 0.523. The predicted molar refractivity (Wildman–Crippen MR) is 122 cm³/mol. The molecule has 2 heterocycles. The first-order valence-corrected chi connectivity index (χ1v) is 12.1. The molecule has 30 heavy (non-hydrogen) atoms. The highest BCUT2D eigenvalue weighted by Crippen LogP contribution is 2.29. The van der Waals surface area contributed by atoms with Gasteiger partial charge in [-0.2, -0.15) is 0 Å². The van der Waals surface area contributed by atoms with E-state index in [2.05, 4.69) is 27.8 Å². The summed E-state index contributed by atoms with van der Waals surface area (Å²) in [7, 11) is 0. The lowest BCUT2D eigenvalue weighted by atomic mass is 9.92. The Hall–Kier alpha value is -2.51. The SMILES string of the molecule is O=C(Cc1csc(NC(=O)c2cccs2)n1)NC(Cc1ccccc1)C1CCCC1. The third-order valence-electron chi connectivity index (χ3n) is 5.47. The highest BCUT2D eigenvalue weighted by atomic mass is 32.1. The van der Waals surface area contributed by atoms with Gasteiger partial charge >= 0.3 is 0 Å². The minimum Gasteiger partial charge on any atom is -0.352 e. The van der Waals surface area contributed by atoms with Crippen molar-refractivity contribution in [3.63, 3.8) is 0 Å². The molecular weight excluding hydrogens is 414 g/mol. The molecule has 0 aliphatic heterocycles. The Balaban J connectivity index is 1.35. The lowest BCUT2D eigenvalue weighted by molar-refractivity contribution is -0.121. The summed E-state index contributed by atoms with van der Waals surface area (Å²) in [5.74, 6) is 0.356. The van der Waals surface area contributed by atoms with Gasteiger partial charge in [0.15, 0.2) is 5.13 Å². The fraction of sp³-hybridized carbons (Fsp3) is 0.348. The molecule has 1 aliphatic carbocycles. The van der Waals surface area contributed by atoms with Crippen LogP contribution in [0.4, 0.5) is 5.13 Å². The smallest absolute Gasteiger partial charge is 0.267 e. The van der Waals surface area contributed by atoms with Gasteiger partial charge in [-0.15, -0.1) is 22.7 Å². The molecule has 0 saturated heterocycles. The molecule has 1 unspecified atom stereocenters. The molecule has 5 nitrogen and oxygen atoms in total. The number of anilines is 1. The maximum atomic E-state index is 12.8. The van der Waals surface area contributed by atoms with E-state index in [-0.39, 0.29) is 24.3 Å². The van der Waals surface area contributed by atoms with Gasteiger partial charge in [0.1, 0.15) is 0 Å². The number of nitrogens with zero attached hydrogens (tertiary/aromatic N) is 1. The minimum atomic E-state index is -0.167. The van der Waals surface area contributed by atoms with Crippen LogP contribution in [0.1, 0.15) is 46.6 Å². The number of benzene rings is 1. The molecule has 1 aromatic carbocycles. The van der Waals surface area contributed by atoms with Crippen molar-refractivity contribution in [2.45, 2.75) is 44.6 Å². The van der Waals surface area contributed by atoms with E-state index >= 15 is 0 Å². The van der Waals surface area contributed by atoms with Crippen molar-refractivity contribution in [2.75, 3.05) is 5.32 Å². The molecule has 1 atom stereocenters. The molecule has 4 rings (SSSR count). The zero-order valence-electron chi connectivity index (χ0n) is 16.7. The second-order valence-corrected chi connectivity index (χ2v) is 9.47. The van der Waals surface area contributed by atoms with Gasteiger partial charge < -0.3 is 5.32 Å². The molecule has 0 spiro atoms. The number of nitrogens with one attached hydrogen (secondary N) is 2. The van der Waals surface area contributed by atoms with Gasteiger partial charge in [-0.1, -0.05) is 49.2 Å². The molecule has 2 N–H and O–H groups in total. The van der Waals surface area contributed by atoms with Crippen LogP contribution >= 0.6 is 22.7 Å². The van der Waals surface area contributed by atoms with E-state index in [4.69, 9.17) is 0 Å². The summed E-state index contributed by atoms with van der Waals surface area (Å²) < 4.78 is 0. The van der Waals surface area contributed by atoms with Crippen LogP contribution < -0.4 is 10.6 Å². The Kier molecular flexibility index (Phi) is 6.92. The first-order valence-electron chi connectivity index (χ1n) is 10.3. The third-order valence-corrected chi connectivity index (χ3v) is 7.15. The largest absolute Gasteiger partial charge is 0.352 e. The molecule has 7 heteroatoms. The topological polar surface area (TPSA) is 71.1 Å². The Labute approximate surface area is 184 Å². The summed E-state index contributed by atoms with van der Waals surface area (Å²) in [6.07, 6.45) is 5.91. The second kappa shape index (κ2) is 10.00. The second-order valence-electron chi connectivity index (χ2n) is 7.66. The fourth-order valence-electron chi connectivity index (χ4n) is 4.00. The summed E-state index contributed by atoms with van der Waals surface area (Å²) in [5.41, 5.74) is 1.94. The molecule has 2 aromatic heterocycles. The summed E-state index contributed by atoms with van der Waals surface area (Å²) in [6.45, 7) is 0. The van der Waals surface area contributed by atoms with E-state index in [0.717, 1.165) is 6.42 Å². The van der Waals surface area contributed by atoms with E-state index in [1.807, 2.05) is 35.0 Å². The van der Waals surface area contributed by atoms with Gasteiger partial charge in [0.2, 0.25) is 5.91 Å². The lowest BCUT2D eigenvalue weighted by Gasteiger charge is -2.25. The van der Waals surface area contributed by atoms with Gasteiger partial charge in [0, 0.05) is 11.4 Å². The number of carbonyl (C=O) groups excluding carboxylic acids is 2. The van der Waals surface area contributed by atoms with Crippen molar-refractivity contribution < 1.29 is 9.59 Å². The van der Waals surface area contributed by atoms with E-state index < -0.39 is 0 Å². The van der Waals surface area contributed by atoms with Crippen LogP contribution in [-0.2, 0) is 17.6 Å². The van der Waals surface area contributed by atoms with Gasteiger partial charge in [-0.3, -0.25) is 14.9 Å². The average molecular weight is 440 g/mol. The van der Waals surface area contributed by atoms with Crippen LogP contribution in [0.3, 0.4) is 0 Å². The number of hydrogen-bond acceptors (Lipinski definition) is 5. The zero-order chi connectivity index (χ0) is 20.8. The summed E-state index contributed by atoms with van der Waals surface area (Å²) in [6, 6.07) is 14.1. The average Bonchev–Trinajstić information content (AvgIpc) is 3.51. The number of carbonyl (C=O) groups is 2. The first-order chi connectivity index (χ1) is 14.7. The first kappa shape index (κ1) is 20.8. The predicted octanol–water partition coefficient (Wildman–Crippen LogP) is 4.92. The summed E-state index contributed by atoms with van der Waals surface area (Å²) >= 11 is 2.73. The van der Waals surface area contributed by atoms with E-state index in [9.17, 15) is 9.59 Å². The van der Waals surface area contributed by atoms with E-state index in [0.29, 0.717) is 21.6 Å². The Morgan fingerprint density at radius 2 is 1.87 bits per heavy atom. The molecule has 3 aromatic rings. The highest BCUT2D eigenvalue weighted by molar-refractivity contribution is 7.14. The van der Waals surface area contributed by atoms with Gasteiger partial charge in [0.25, 0.3) is 5.91 Å². The Morgan fingerprint density at radius 3 is 2.60 bits per heavy atom. The number of aromatic nitrogens is 1. The zero-order valence-corrected chi connectivity index (χ0v) is 18.3. The van der Waals surface area contributed by atoms with Crippen molar-refractivity contribution in [1.82, 2.24) is 10.3 Å². The molecule has 0 bridgehead atoms.